The van der Waals surface area contributed by atoms with Crippen LogP contribution in [0, 0.1) is 17.8 Å². The minimum Gasteiger partial charge on any atom is -0.462 e. The summed E-state index contributed by atoms with van der Waals surface area (Å²) in [4.78, 5) is 14.0. The number of aliphatic hydroxyl groups is 3. The molecule has 0 amide bonds. The van der Waals surface area contributed by atoms with Crippen molar-refractivity contribution in [2.24, 2.45) is 17.8 Å². The van der Waals surface area contributed by atoms with Gasteiger partial charge in [0.1, 0.15) is 35.9 Å². The molecule has 3 fully saturated rings. The van der Waals surface area contributed by atoms with E-state index in [1.165, 1.54) is 5.57 Å². The monoisotopic (exact) mass is 584 g/mol. The van der Waals surface area contributed by atoms with Crippen molar-refractivity contribution < 1.29 is 39.1 Å². The van der Waals surface area contributed by atoms with Gasteiger partial charge < -0.3 is 34.3 Å². The van der Waals surface area contributed by atoms with Gasteiger partial charge in [-0.2, -0.15) is 0 Å². The highest BCUT2D eigenvalue weighted by Gasteiger charge is 2.60. The van der Waals surface area contributed by atoms with Gasteiger partial charge in [0.25, 0.3) is 0 Å². The molecular weight excluding hydrogens is 536 g/mol. The average molecular weight is 585 g/mol. The van der Waals surface area contributed by atoms with Crippen LogP contribution in [-0.4, -0.2) is 75.9 Å². The fourth-order valence-corrected chi connectivity index (χ4v) is 7.43. The zero-order chi connectivity index (χ0) is 30.4. The normalized spacial score (nSPS) is 48.3. The lowest BCUT2D eigenvalue weighted by molar-refractivity contribution is -0.363. The number of rotatable bonds is 1. The number of hydrogen-bond acceptors (Lipinski definition) is 8. The van der Waals surface area contributed by atoms with E-state index in [1.54, 1.807) is 19.1 Å². The van der Waals surface area contributed by atoms with Gasteiger partial charge in [-0.3, -0.25) is 4.79 Å². The van der Waals surface area contributed by atoms with Crippen molar-refractivity contribution in [3.63, 3.8) is 0 Å². The van der Waals surface area contributed by atoms with Crippen molar-refractivity contribution in [2.45, 2.75) is 122 Å². The van der Waals surface area contributed by atoms with Crippen LogP contribution < -0.4 is 0 Å². The molecule has 232 valence electrons. The molecule has 3 saturated heterocycles. The lowest BCUT2D eigenvalue weighted by Gasteiger charge is -2.52. The van der Waals surface area contributed by atoms with Gasteiger partial charge in [0.05, 0.1) is 18.8 Å². The number of carbonyl (C=O) groups excluding carboxylic acids is 1. The molecule has 5 rings (SSSR count). The molecule has 11 atom stereocenters. The highest BCUT2D eigenvalue weighted by molar-refractivity contribution is 5.78. The molecule has 0 aromatic rings. The van der Waals surface area contributed by atoms with Crippen LogP contribution in [0.1, 0.15) is 73.6 Å². The third-order valence-electron chi connectivity index (χ3n) is 9.92. The fourth-order valence-electron chi connectivity index (χ4n) is 7.43. The Kier molecular flexibility index (Phi) is 9.06. The summed E-state index contributed by atoms with van der Waals surface area (Å²) < 4.78 is 25.3. The van der Waals surface area contributed by atoms with E-state index in [2.05, 4.69) is 32.9 Å². The lowest BCUT2D eigenvalue weighted by atomic mass is 9.71. The standard InChI is InChI=1S/C34H48O8/c1-7-21(4)30-23(6)15-28(35)33(42-30)17-26-16-25(41-33)12-11-20(3)13-19(2)9-8-10-24-18-39-31-29(36)22(5)14-27(32(37)40-26)34(24,31)38/h7-11,14,19,23,25-31,35-36,38H,12-13,15-18H2,1-6H3/b9-8+,20-11+,21-7+,24-10+/t19-,23-,25+,26+,27-,28+,29+,30+,31+,33-,34+/m0/s1. The van der Waals surface area contributed by atoms with Crippen LogP contribution in [0.3, 0.4) is 0 Å². The maximum absolute atomic E-state index is 14.0. The quantitative estimate of drug-likeness (QED) is 0.306. The zero-order valence-electron chi connectivity index (χ0n) is 25.8. The Balaban J connectivity index is 1.54. The van der Waals surface area contributed by atoms with Gasteiger partial charge in [-0.05, 0) is 75.5 Å². The molecule has 42 heavy (non-hydrogen) atoms. The van der Waals surface area contributed by atoms with Gasteiger partial charge in [-0.1, -0.05) is 55.9 Å². The van der Waals surface area contributed by atoms with Gasteiger partial charge in [0, 0.05) is 12.8 Å². The van der Waals surface area contributed by atoms with E-state index in [9.17, 15) is 20.1 Å². The number of hydrogen-bond donors (Lipinski definition) is 3. The minimum absolute atomic E-state index is 0.0922. The Hall–Kier alpha value is -2.07. The summed E-state index contributed by atoms with van der Waals surface area (Å²) in [6, 6.07) is 0. The van der Waals surface area contributed by atoms with Crippen LogP contribution >= 0.6 is 0 Å². The molecule has 1 spiro atoms. The Morgan fingerprint density at radius 1 is 1.12 bits per heavy atom. The average Bonchev–Trinajstić information content (AvgIpc) is 3.27. The van der Waals surface area contributed by atoms with Gasteiger partial charge in [-0.25, -0.2) is 0 Å². The zero-order valence-corrected chi connectivity index (χ0v) is 25.8. The van der Waals surface area contributed by atoms with Crippen molar-refractivity contribution in [2.75, 3.05) is 6.61 Å². The van der Waals surface area contributed by atoms with E-state index in [0.717, 1.165) is 12.0 Å². The molecule has 0 aromatic heterocycles. The highest BCUT2D eigenvalue weighted by Crippen LogP contribution is 2.47. The van der Waals surface area contributed by atoms with E-state index in [1.807, 2.05) is 26.0 Å². The summed E-state index contributed by atoms with van der Waals surface area (Å²) in [6.07, 6.45) is 10.0. The molecular formula is C34H48O8. The van der Waals surface area contributed by atoms with Crippen LogP contribution in [0.5, 0.6) is 0 Å². The van der Waals surface area contributed by atoms with Gasteiger partial charge in [-0.15, -0.1) is 0 Å². The summed E-state index contributed by atoms with van der Waals surface area (Å²) in [6.45, 7) is 12.1. The third-order valence-corrected chi connectivity index (χ3v) is 9.92. The van der Waals surface area contributed by atoms with E-state index >= 15 is 0 Å². The van der Waals surface area contributed by atoms with Gasteiger partial charge in [0.15, 0.2) is 5.79 Å². The van der Waals surface area contributed by atoms with Crippen molar-refractivity contribution in [3.8, 4) is 0 Å². The Morgan fingerprint density at radius 3 is 2.62 bits per heavy atom. The molecule has 0 radical (unpaired) electrons. The van der Waals surface area contributed by atoms with Crippen LogP contribution in [0.25, 0.3) is 0 Å². The molecule has 0 saturated carbocycles. The first kappa shape index (κ1) is 31.4. The molecule has 3 N–H and O–H groups in total. The minimum atomic E-state index is -1.75. The number of allylic oxidation sites excluding steroid dienone is 5. The van der Waals surface area contributed by atoms with Crippen molar-refractivity contribution in [1.29, 1.82) is 0 Å². The topological polar surface area (TPSA) is 115 Å². The maximum Gasteiger partial charge on any atom is 0.316 e. The molecule has 5 aliphatic rings. The van der Waals surface area contributed by atoms with Gasteiger partial charge >= 0.3 is 5.97 Å². The number of carbonyl (C=O) groups is 1. The first-order valence-electron chi connectivity index (χ1n) is 15.5. The van der Waals surface area contributed by atoms with E-state index < -0.39 is 47.7 Å². The second-order valence-electron chi connectivity index (χ2n) is 13.3. The Labute approximate surface area is 249 Å². The van der Waals surface area contributed by atoms with Crippen LogP contribution in [0.15, 0.2) is 58.7 Å². The summed E-state index contributed by atoms with van der Waals surface area (Å²) in [7, 11) is 0. The molecule has 1 aliphatic carbocycles. The van der Waals surface area contributed by atoms with Crippen molar-refractivity contribution >= 4 is 5.97 Å². The second kappa shape index (κ2) is 12.1. The second-order valence-corrected chi connectivity index (χ2v) is 13.3. The highest BCUT2D eigenvalue weighted by atomic mass is 16.7. The molecule has 8 heteroatoms. The summed E-state index contributed by atoms with van der Waals surface area (Å²) in [5, 5.41) is 34.4. The largest absolute Gasteiger partial charge is 0.462 e. The summed E-state index contributed by atoms with van der Waals surface area (Å²) in [5.74, 6) is -2.65. The first-order valence-corrected chi connectivity index (χ1v) is 15.5. The number of esters is 1. The smallest absolute Gasteiger partial charge is 0.316 e. The van der Waals surface area contributed by atoms with E-state index in [0.29, 0.717) is 30.4 Å². The first-order chi connectivity index (χ1) is 19.9. The maximum atomic E-state index is 14.0. The summed E-state index contributed by atoms with van der Waals surface area (Å²) >= 11 is 0. The molecule has 4 aliphatic heterocycles. The fraction of sp³-hybridized carbons (Fsp3) is 0.676. The van der Waals surface area contributed by atoms with Crippen molar-refractivity contribution in [1.82, 2.24) is 0 Å². The molecule has 2 bridgehead atoms. The Bertz CT molecular complexity index is 1200. The van der Waals surface area contributed by atoms with E-state index in [4.69, 9.17) is 18.9 Å². The van der Waals surface area contributed by atoms with E-state index in [-0.39, 0.29) is 37.1 Å². The predicted octanol–water partition coefficient (Wildman–Crippen LogP) is 4.45. The Morgan fingerprint density at radius 2 is 1.88 bits per heavy atom. The third kappa shape index (κ3) is 5.74. The predicted molar refractivity (Wildman–Crippen MR) is 158 cm³/mol. The SMILES string of the molecule is C/C=C(\C)[C@H]1O[C@@]2(C[C@H]3C[C@@H](C/C=C(\C)C[C@@H](C)/C=C/C=C4\CO[C@@H]5[C@H](O)C(C)=C[C@@H](C(=O)O3)[C@]45O)O2)[C@H](O)C[C@@H]1C. The lowest BCUT2D eigenvalue weighted by Crippen LogP contribution is -2.62. The molecule has 0 unspecified atom stereocenters. The summed E-state index contributed by atoms with van der Waals surface area (Å²) in [5.41, 5.74) is 1.62. The van der Waals surface area contributed by atoms with Crippen molar-refractivity contribution in [3.05, 3.63) is 58.7 Å². The number of aliphatic hydroxyl groups excluding tert-OH is 2. The van der Waals surface area contributed by atoms with Crippen LogP contribution in [0.2, 0.25) is 0 Å². The van der Waals surface area contributed by atoms with Crippen LogP contribution in [0.4, 0.5) is 0 Å². The number of ether oxygens (including phenoxy) is 4. The molecule has 0 aromatic carbocycles. The van der Waals surface area contributed by atoms with Gasteiger partial charge in [0.2, 0.25) is 0 Å². The molecule has 8 nitrogen and oxygen atoms in total. The van der Waals surface area contributed by atoms with Crippen LogP contribution in [-0.2, 0) is 23.7 Å². The number of fused-ring (bicyclic) bond motifs is 2. The molecule has 4 heterocycles.